The normalized spacial score (nSPS) is 24.2. The molecule has 3 heterocycles. The molecule has 1 atom stereocenters. The number of hydrogen-bond acceptors (Lipinski definition) is 3. The van der Waals surface area contributed by atoms with Gasteiger partial charge in [-0.1, -0.05) is 0 Å². The van der Waals surface area contributed by atoms with Crippen molar-refractivity contribution in [1.29, 1.82) is 0 Å². The van der Waals surface area contributed by atoms with Gasteiger partial charge in [0.2, 0.25) is 0 Å². The van der Waals surface area contributed by atoms with Gasteiger partial charge in [-0.15, -0.1) is 12.4 Å². The van der Waals surface area contributed by atoms with Gasteiger partial charge in [0, 0.05) is 19.1 Å². The zero-order valence-corrected chi connectivity index (χ0v) is 11.8. The Morgan fingerprint density at radius 2 is 2.11 bits per heavy atom. The molecule has 0 aliphatic carbocycles. The van der Waals surface area contributed by atoms with Crippen molar-refractivity contribution in [3.8, 4) is 0 Å². The highest BCUT2D eigenvalue weighted by Gasteiger charge is 2.30. The Morgan fingerprint density at radius 1 is 1.32 bits per heavy atom. The SMILES string of the molecule is Cl.O=C(c1ccco1)N1CCC(C2CCCN2)CC1. The third kappa shape index (κ3) is 3.12. The first-order chi connectivity index (χ1) is 8.84. The minimum atomic E-state index is 0. The van der Waals surface area contributed by atoms with Gasteiger partial charge < -0.3 is 14.6 Å². The second-order valence-corrected chi connectivity index (χ2v) is 5.31. The van der Waals surface area contributed by atoms with Crippen LogP contribution in [0.25, 0.3) is 0 Å². The van der Waals surface area contributed by atoms with Gasteiger partial charge in [0.05, 0.1) is 6.26 Å². The van der Waals surface area contributed by atoms with Gasteiger partial charge in [-0.3, -0.25) is 4.79 Å². The van der Waals surface area contributed by atoms with E-state index >= 15 is 0 Å². The molecule has 2 aliphatic heterocycles. The summed E-state index contributed by atoms with van der Waals surface area (Å²) in [5.41, 5.74) is 0. The zero-order valence-electron chi connectivity index (χ0n) is 11.0. The number of halogens is 1. The number of rotatable bonds is 2. The van der Waals surface area contributed by atoms with Gasteiger partial charge >= 0.3 is 0 Å². The number of hydrogen-bond donors (Lipinski definition) is 1. The fraction of sp³-hybridized carbons (Fsp3) is 0.643. The van der Waals surface area contributed by atoms with Crippen LogP contribution in [0.2, 0.25) is 0 Å². The second-order valence-electron chi connectivity index (χ2n) is 5.31. The van der Waals surface area contributed by atoms with Crippen molar-refractivity contribution in [3.05, 3.63) is 24.2 Å². The standard InChI is InChI=1S/C14H20N2O2.ClH/c17-14(13-4-2-10-18-13)16-8-5-11(6-9-16)12-3-1-7-15-12;/h2,4,10-12,15H,1,3,5-9H2;1H. The molecule has 4 nitrogen and oxygen atoms in total. The van der Waals surface area contributed by atoms with Crippen LogP contribution in [0.15, 0.2) is 22.8 Å². The number of carbonyl (C=O) groups is 1. The van der Waals surface area contributed by atoms with E-state index in [0.717, 1.165) is 38.4 Å². The zero-order chi connectivity index (χ0) is 12.4. The topological polar surface area (TPSA) is 45.5 Å². The summed E-state index contributed by atoms with van der Waals surface area (Å²) in [7, 11) is 0. The van der Waals surface area contributed by atoms with E-state index in [-0.39, 0.29) is 18.3 Å². The van der Waals surface area contributed by atoms with Gasteiger partial charge in [-0.05, 0) is 50.3 Å². The van der Waals surface area contributed by atoms with Crippen LogP contribution in [0.1, 0.15) is 36.2 Å². The number of carbonyl (C=O) groups excluding carboxylic acids is 1. The minimum absolute atomic E-state index is 0. The molecule has 106 valence electrons. The van der Waals surface area contributed by atoms with Crippen LogP contribution in [-0.4, -0.2) is 36.5 Å². The minimum Gasteiger partial charge on any atom is -0.459 e. The van der Waals surface area contributed by atoms with Crippen LogP contribution in [0, 0.1) is 5.92 Å². The Labute approximate surface area is 119 Å². The predicted molar refractivity (Wildman–Crippen MR) is 75.6 cm³/mol. The van der Waals surface area contributed by atoms with E-state index in [1.54, 1.807) is 18.4 Å². The highest BCUT2D eigenvalue weighted by atomic mass is 35.5. The van der Waals surface area contributed by atoms with Crippen LogP contribution in [-0.2, 0) is 0 Å². The third-order valence-corrected chi connectivity index (χ3v) is 4.23. The van der Waals surface area contributed by atoms with Crippen molar-refractivity contribution in [3.63, 3.8) is 0 Å². The Bertz CT molecular complexity index is 394. The summed E-state index contributed by atoms with van der Waals surface area (Å²) in [5.74, 6) is 1.25. The molecule has 0 bridgehead atoms. The van der Waals surface area contributed by atoms with E-state index in [0.29, 0.717) is 11.8 Å². The molecule has 19 heavy (non-hydrogen) atoms. The Morgan fingerprint density at radius 3 is 2.68 bits per heavy atom. The lowest BCUT2D eigenvalue weighted by Crippen LogP contribution is -2.43. The molecule has 2 aliphatic rings. The highest BCUT2D eigenvalue weighted by Crippen LogP contribution is 2.26. The van der Waals surface area contributed by atoms with Crippen LogP contribution >= 0.6 is 12.4 Å². The van der Waals surface area contributed by atoms with Crippen LogP contribution < -0.4 is 5.32 Å². The van der Waals surface area contributed by atoms with Crippen molar-refractivity contribution in [1.82, 2.24) is 10.2 Å². The Hall–Kier alpha value is -1.00. The number of amides is 1. The van der Waals surface area contributed by atoms with E-state index in [9.17, 15) is 4.79 Å². The summed E-state index contributed by atoms with van der Waals surface area (Å²) < 4.78 is 5.17. The lowest BCUT2D eigenvalue weighted by molar-refractivity contribution is 0.0642. The molecule has 2 saturated heterocycles. The lowest BCUT2D eigenvalue weighted by atomic mass is 9.88. The lowest BCUT2D eigenvalue weighted by Gasteiger charge is -2.34. The molecule has 1 unspecified atom stereocenters. The number of nitrogens with one attached hydrogen (secondary N) is 1. The van der Waals surface area contributed by atoms with Crippen LogP contribution in [0.3, 0.4) is 0 Å². The predicted octanol–water partition coefficient (Wildman–Crippen LogP) is 2.31. The molecule has 0 saturated carbocycles. The van der Waals surface area contributed by atoms with Crippen LogP contribution in [0.5, 0.6) is 0 Å². The second kappa shape index (κ2) is 6.44. The van der Waals surface area contributed by atoms with Crippen molar-refractivity contribution < 1.29 is 9.21 Å². The van der Waals surface area contributed by atoms with Crippen LogP contribution in [0.4, 0.5) is 0 Å². The summed E-state index contributed by atoms with van der Waals surface area (Å²) in [6.45, 7) is 2.89. The monoisotopic (exact) mass is 284 g/mol. The molecule has 0 aromatic carbocycles. The van der Waals surface area contributed by atoms with Gasteiger partial charge in [0.25, 0.3) is 5.91 Å². The quantitative estimate of drug-likeness (QED) is 0.906. The fourth-order valence-corrected chi connectivity index (χ4v) is 3.17. The Kier molecular flexibility index (Phi) is 4.88. The Balaban J connectivity index is 0.00000133. The van der Waals surface area contributed by atoms with Crippen molar-refractivity contribution >= 4 is 18.3 Å². The van der Waals surface area contributed by atoms with Crippen molar-refractivity contribution in [2.45, 2.75) is 31.7 Å². The van der Waals surface area contributed by atoms with E-state index in [4.69, 9.17) is 4.42 Å². The molecule has 5 heteroatoms. The molecule has 2 fully saturated rings. The largest absolute Gasteiger partial charge is 0.459 e. The number of likely N-dealkylation sites (tertiary alicyclic amines) is 1. The van der Waals surface area contributed by atoms with Gasteiger partial charge in [0.1, 0.15) is 0 Å². The summed E-state index contributed by atoms with van der Waals surface area (Å²) in [4.78, 5) is 14.0. The molecular formula is C14H21ClN2O2. The first-order valence-electron chi connectivity index (χ1n) is 6.91. The van der Waals surface area contributed by atoms with E-state index < -0.39 is 0 Å². The average Bonchev–Trinajstić information content (AvgIpc) is 3.11. The van der Waals surface area contributed by atoms with E-state index in [1.807, 2.05) is 4.90 Å². The molecule has 0 spiro atoms. The highest BCUT2D eigenvalue weighted by molar-refractivity contribution is 5.91. The number of piperidine rings is 1. The maximum Gasteiger partial charge on any atom is 0.289 e. The maximum atomic E-state index is 12.1. The molecule has 1 N–H and O–H groups in total. The van der Waals surface area contributed by atoms with Gasteiger partial charge in [-0.2, -0.15) is 0 Å². The van der Waals surface area contributed by atoms with Gasteiger partial charge in [0.15, 0.2) is 5.76 Å². The average molecular weight is 285 g/mol. The molecule has 1 amide bonds. The molecule has 1 aromatic heterocycles. The third-order valence-electron chi connectivity index (χ3n) is 4.23. The first kappa shape index (κ1) is 14.4. The maximum absolute atomic E-state index is 12.1. The fourth-order valence-electron chi connectivity index (χ4n) is 3.17. The van der Waals surface area contributed by atoms with E-state index in [1.165, 1.54) is 12.8 Å². The molecular weight excluding hydrogens is 264 g/mol. The molecule has 0 radical (unpaired) electrons. The number of nitrogens with zero attached hydrogens (tertiary/aromatic N) is 1. The summed E-state index contributed by atoms with van der Waals surface area (Å²) in [6.07, 6.45) is 6.39. The summed E-state index contributed by atoms with van der Waals surface area (Å²) in [5, 5.41) is 3.58. The number of furan rings is 1. The van der Waals surface area contributed by atoms with Gasteiger partial charge in [-0.25, -0.2) is 0 Å². The van der Waals surface area contributed by atoms with E-state index in [2.05, 4.69) is 5.32 Å². The first-order valence-corrected chi connectivity index (χ1v) is 6.91. The molecule has 3 rings (SSSR count). The molecule has 1 aromatic rings. The summed E-state index contributed by atoms with van der Waals surface area (Å²) in [6, 6.07) is 4.20. The van der Waals surface area contributed by atoms with Crippen molar-refractivity contribution in [2.24, 2.45) is 5.92 Å². The smallest absolute Gasteiger partial charge is 0.289 e. The van der Waals surface area contributed by atoms with Crippen molar-refractivity contribution in [2.75, 3.05) is 19.6 Å². The summed E-state index contributed by atoms with van der Waals surface area (Å²) >= 11 is 0.